The molecular formula is C11H18N6O2. The van der Waals surface area contributed by atoms with Crippen molar-refractivity contribution in [2.45, 2.75) is 12.5 Å². The SMILES string of the molecule is NCCC(CN)N=C1NN(O)c2ccccc2N1O. The molecule has 8 heteroatoms. The van der Waals surface area contributed by atoms with Gasteiger partial charge >= 0.3 is 0 Å². The lowest BCUT2D eigenvalue weighted by Crippen LogP contribution is -2.53. The molecule has 0 aliphatic carbocycles. The molecule has 1 aliphatic rings. The number of guanidine groups is 1. The van der Waals surface area contributed by atoms with E-state index in [0.29, 0.717) is 30.9 Å². The first kappa shape index (κ1) is 13.6. The zero-order chi connectivity index (χ0) is 13.8. The quantitative estimate of drug-likeness (QED) is 0.503. The molecule has 0 spiro atoms. The smallest absolute Gasteiger partial charge is 0.244 e. The van der Waals surface area contributed by atoms with Crippen LogP contribution < -0.4 is 27.1 Å². The number of hydrogen-bond donors (Lipinski definition) is 5. The van der Waals surface area contributed by atoms with Crippen LogP contribution in [0.2, 0.25) is 0 Å². The highest BCUT2D eigenvalue weighted by atomic mass is 16.6. The van der Waals surface area contributed by atoms with Crippen LogP contribution in [0, 0.1) is 0 Å². The van der Waals surface area contributed by atoms with Gasteiger partial charge in [0.15, 0.2) is 0 Å². The average molecular weight is 266 g/mol. The maximum Gasteiger partial charge on any atom is 0.244 e. The number of benzene rings is 1. The van der Waals surface area contributed by atoms with Crippen LogP contribution in [-0.2, 0) is 0 Å². The summed E-state index contributed by atoms with van der Waals surface area (Å²) in [6.07, 6.45) is 0.600. The number of nitrogens with two attached hydrogens (primary N) is 2. The van der Waals surface area contributed by atoms with Crippen LogP contribution in [0.5, 0.6) is 0 Å². The van der Waals surface area contributed by atoms with Crippen LogP contribution in [0.25, 0.3) is 0 Å². The number of hydrazine groups is 1. The molecule has 0 amide bonds. The summed E-state index contributed by atoms with van der Waals surface area (Å²) in [6, 6.07) is 6.59. The standard InChI is InChI=1S/C11H18N6O2/c12-6-5-8(7-13)14-11-15-17(19)10-4-2-1-3-9(10)16(11)18/h1-4,8,18-19H,5-7,12-13H2,(H,14,15). The summed E-state index contributed by atoms with van der Waals surface area (Å²) in [4.78, 5) is 4.25. The molecule has 7 N–H and O–H groups in total. The lowest BCUT2D eigenvalue weighted by molar-refractivity contribution is 0.216. The molecule has 104 valence electrons. The average Bonchev–Trinajstić information content (AvgIpc) is 2.44. The van der Waals surface area contributed by atoms with Crippen LogP contribution in [0.1, 0.15) is 6.42 Å². The van der Waals surface area contributed by atoms with Crippen LogP contribution in [0.15, 0.2) is 29.3 Å². The Kier molecular flexibility index (Phi) is 4.17. The summed E-state index contributed by atoms with van der Waals surface area (Å²) >= 11 is 0. The van der Waals surface area contributed by atoms with Gasteiger partial charge in [-0.1, -0.05) is 12.1 Å². The highest BCUT2D eigenvalue weighted by Gasteiger charge is 2.26. The summed E-state index contributed by atoms with van der Waals surface area (Å²) in [5.74, 6) is 0.102. The van der Waals surface area contributed by atoms with Gasteiger partial charge in [-0.3, -0.25) is 10.4 Å². The van der Waals surface area contributed by atoms with E-state index in [2.05, 4.69) is 10.4 Å². The minimum absolute atomic E-state index is 0.102. The van der Waals surface area contributed by atoms with E-state index >= 15 is 0 Å². The zero-order valence-electron chi connectivity index (χ0n) is 10.4. The van der Waals surface area contributed by atoms with Crippen LogP contribution in [0.4, 0.5) is 11.4 Å². The molecular weight excluding hydrogens is 248 g/mol. The largest absolute Gasteiger partial charge is 0.330 e. The molecule has 1 atom stereocenters. The van der Waals surface area contributed by atoms with E-state index in [1.807, 2.05) is 0 Å². The Labute approximate surface area is 110 Å². The van der Waals surface area contributed by atoms with Gasteiger partial charge < -0.3 is 11.5 Å². The summed E-state index contributed by atoms with van der Waals surface area (Å²) in [5, 5.41) is 21.6. The number of aliphatic imine (C=N–C) groups is 1. The Morgan fingerprint density at radius 3 is 2.53 bits per heavy atom. The van der Waals surface area contributed by atoms with Crippen molar-refractivity contribution >= 4 is 17.3 Å². The van der Waals surface area contributed by atoms with E-state index in [4.69, 9.17) is 11.5 Å². The van der Waals surface area contributed by atoms with E-state index < -0.39 is 0 Å². The van der Waals surface area contributed by atoms with Crippen LogP contribution in [0.3, 0.4) is 0 Å². The van der Waals surface area contributed by atoms with Crippen LogP contribution in [-0.4, -0.2) is 35.5 Å². The molecule has 0 aromatic heterocycles. The van der Waals surface area contributed by atoms with Gasteiger partial charge in [0, 0.05) is 6.54 Å². The monoisotopic (exact) mass is 266 g/mol. The molecule has 0 saturated carbocycles. The minimum atomic E-state index is -0.221. The summed E-state index contributed by atoms with van der Waals surface area (Å²) < 4.78 is 0. The summed E-state index contributed by atoms with van der Waals surface area (Å²) in [6.45, 7) is 0.757. The van der Waals surface area contributed by atoms with Crippen molar-refractivity contribution in [3.05, 3.63) is 24.3 Å². The van der Waals surface area contributed by atoms with Gasteiger partial charge in [-0.2, -0.15) is 10.2 Å². The first-order valence-corrected chi connectivity index (χ1v) is 5.99. The van der Waals surface area contributed by atoms with Crippen molar-refractivity contribution in [2.75, 3.05) is 23.3 Å². The number of nitrogens with zero attached hydrogens (tertiary/aromatic N) is 3. The zero-order valence-corrected chi connectivity index (χ0v) is 10.4. The highest BCUT2D eigenvalue weighted by Crippen LogP contribution is 2.29. The second kappa shape index (κ2) is 5.85. The molecule has 1 aromatic carbocycles. The third-order valence-corrected chi connectivity index (χ3v) is 2.82. The number of rotatable bonds is 4. The van der Waals surface area contributed by atoms with Crippen molar-refractivity contribution < 1.29 is 10.4 Å². The van der Waals surface area contributed by atoms with Crippen molar-refractivity contribution in [2.24, 2.45) is 16.5 Å². The molecule has 2 rings (SSSR count). The van der Waals surface area contributed by atoms with Crippen LogP contribution >= 0.6 is 0 Å². The Morgan fingerprint density at radius 1 is 1.21 bits per heavy atom. The van der Waals surface area contributed by atoms with E-state index in [0.717, 1.165) is 10.2 Å². The van der Waals surface area contributed by atoms with E-state index in [9.17, 15) is 10.4 Å². The second-order valence-corrected chi connectivity index (χ2v) is 4.14. The van der Waals surface area contributed by atoms with Gasteiger partial charge in [0.1, 0.15) is 11.4 Å². The van der Waals surface area contributed by atoms with Crippen molar-refractivity contribution in [1.82, 2.24) is 5.43 Å². The molecule has 1 heterocycles. The number of fused-ring (bicyclic) bond motifs is 1. The fourth-order valence-corrected chi connectivity index (χ4v) is 1.82. The Hall–Kier alpha value is -1.87. The second-order valence-electron chi connectivity index (χ2n) is 4.14. The maximum atomic E-state index is 10.1. The van der Waals surface area contributed by atoms with Gasteiger partial charge in [0.05, 0.1) is 6.04 Å². The molecule has 0 radical (unpaired) electrons. The fraction of sp³-hybridized carbons (Fsp3) is 0.364. The number of anilines is 2. The topological polar surface area (TPSA) is 123 Å². The summed E-state index contributed by atoms with van der Waals surface area (Å²) in [7, 11) is 0. The minimum Gasteiger partial charge on any atom is -0.330 e. The number of nitrogens with one attached hydrogen (secondary N) is 1. The molecule has 1 aromatic rings. The highest BCUT2D eigenvalue weighted by molar-refractivity contribution is 6.00. The molecule has 1 unspecified atom stereocenters. The molecule has 0 saturated heterocycles. The van der Waals surface area contributed by atoms with Gasteiger partial charge in [-0.05, 0) is 25.1 Å². The Balaban J connectivity index is 2.28. The fourth-order valence-electron chi connectivity index (χ4n) is 1.82. The normalized spacial score (nSPS) is 18.2. The number of hydrogen-bond acceptors (Lipinski definition) is 6. The third kappa shape index (κ3) is 2.76. The van der Waals surface area contributed by atoms with E-state index in [-0.39, 0.29) is 12.0 Å². The van der Waals surface area contributed by atoms with Crippen molar-refractivity contribution in [3.63, 3.8) is 0 Å². The number of para-hydroxylation sites is 2. The van der Waals surface area contributed by atoms with Gasteiger partial charge in [-0.25, -0.2) is 10.4 Å². The Morgan fingerprint density at radius 2 is 1.89 bits per heavy atom. The molecule has 1 aliphatic heterocycles. The number of hydroxylamine groups is 1. The molecule has 19 heavy (non-hydrogen) atoms. The lowest BCUT2D eigenvalue weighted by Gasteiger charge is -2.33. The van der Waals surface area contributed by atoms with Gasteiger partial charge in [-0.15, -0.1) is 0 Å². The molecule has 0 fully saturated rings. The lowest BCUT2D eigenvalue weighted by atomic mass is 10.2. The maximum absolute atomic E-state index is 10.1. The predicted octanol–water partition coefficient (Wildman–Crippen LogP) is -0.372. The molecule has 0 bridgehead atoms. The van der Waals surface area contributed by atoms with E-state index in [1.165, 1.54) is 0 Å². The molecule has 8 nitrogen and oxygen atoms in total. The van der Waals surface area contributed by atoms with Gasteiger partial charge in [0.2, 0.25) is 5.96 Å². The van der Waals surface area contributed by atoms with Gasteiger partial charge in [0.25, 0.3) is 0 Å². The van der Waals surface area contributed by atoms with E-state index in [1.54, 1.807) is 24.3 Å². The first-order valence-electron chi connectivity index (χ1n) is 5.99. The Bertz CT molecular complexity index is 466. The predicted molar refractivity (Wildman–Crippen MR) is 72.1 cm³/mol. The summed E-state index contributed by atoms with van der Waals surface area (Å²) in [5.41, 5.74) is 14.5. The third-order valence-electron chi connectivity index (χ3n) is 2.82. The van der Waals surface area contributed by atoms with Crippen molar-refractivity contribution in [1.29, 1.82) is 0 Å². The first-order chi connectivity index (χ1) is 9.17. The van der Waals surface area contributed by atoms with Crippen molar-refractivity contribution in [3.8, 4) is 0 Å².